The van der Waals surface area contributed by atoms with Crippen molar-refractivity contribution in [2.45, 2.75) is 51.2 Å². The molecule has 3 rings (SSSR count). The summed E-state index contributed by atoms with van der Waals surface area (Å²) in [6.45, 7) is 5.87. The molecule has 0 saturated carbocycles. The van der Waals surface area contributed by atoms with Crippen LogP contribution in [0.15, 0.2) is 6.07 Å². The van der Waals surface area contributed by atoms with Gasteiger partial charge in [-0.1, -0.05) is 0 Å². The molecule has 1 aromatic rings. The maximum atomic E-state index is 12.3. The van der Waals surface area contributed by atoms with E-state index in [0.29, 0.717) is 11.8 Å². The lowest BCUT2D eigenvalue weighted by atomic mass is 10.0. The van der Waals surface area contributed by atoms with Crippen LogP contribution in [0.4, 0.5) is 0 Å². The van der Waals surface area contributed by atoms with Gasteiger partial charge in [0.2, 0.25) is 0 Å². The molecule has 2 fully saturated rings. The number of carbonyl (C=O) groups is 1. The number of nitrogens with zero attached hydrogens (tertiary/aromatic N) is 3. The number of hydrogen-bond donors (Lipinski definition) is 1. The number of ether oxygens (including phenoxy) is 1. The standard InChI is InChI=1S/C17H28N4O2/c1-13-10-16(19-20(13)2)17(22)18-14-6-5-8-21(11-14)12-15-7-3-4-9-23-15/h10,14-15H,3-9,11-12H2,1-2H3,(H,18,22). The van der Waals surface area contributed by atoms with Gasteiger partial charge in [0.15, 0.2) is 0 Å². The van der Waals surface area contributed by atoms with Gasteiger partial charge in [0.1, 0.15) is 5.69 Å². The van der Waals surface area contributed by atoms with E-state index in [0.717, 1.165) is 44.8 Å². The van der Waals surface area contributed by atoms with Crippen LogP contribution in [0.1, 0.15) is 48.3 Å². The van der Waals surface area contributed by atoms with Crippen molar-refractivity contribution in [3.63, 3.8) is 0 Å². The zero-order valence-electron chi connectivity index (χ0n) is 14.3. The first-order chi connectivity index (χ1) is 11.1. The highest BCUT2D eigenvalue weighted by atomic mass is 16.5. The van der Waals surface area contributed by atoms with E-state index >= 15 is 0 Å². The van der Waals surface area contributed by atoms with Crippen molar-refractivity contribution in [3.05, 3.63) is 17.5 Å². The second-order valence-corrected chi connectivity index (χ2v) is 6.86. The Morgan fingerprint density at radius 2 is 2.26 bits per heavy atom. The lowest BCUT2D eigenvalue weighted by Gasteiger charge is -2.36. The van der Waals surface area contributed by atoms with E-state index in [2.05, 4.69) is 15.3 Å². The number of carbonyl (C=O) groups excluding carboxylic acids is 1. The molecule has 2 atom stereocenters. The van der Waals surface area contributed by atoms with Gasteiger partial charge in [-0.25, -0.2) is 0 Å². The van der Waals surface area contributed by atoms with Gasteiger partial charge in [0.25, 0.3) is 5.91 Å². The van der Waals surface area contributed by atoms with Crippen LogP contribution in [0.2, 0.25) is 0 Å². The van der Waals surface area contributed by atoms with Crippen LogP contribution in [0.3, 0.4) is 0 Å². The molecule has 0 radical (unpaired) electrons. The van der Waals surface area contributed by atoms with Gasteiger partial charge in [-0.15, -0.1) is 0 Å². The maximum Gasteiger partial charge on any atom is 0.272 e. The Morgan fingerprint density at radius 3 is 2.96 bits per heavy atom. The highest BCUT2D eigenvalue weighted by Crippen LogP contribution is 2.17. The Labute approximate surface area is 138 Å². The third-order valence-corrected chi connectivity index (χ3v) is 4.92. The van der Waals surface area contributed by atoms with E-state index in [1.54, 1.807) is 4.68 Å². The van der Waals surface area contributed by atoms with Crippen LogP contribution in [0.5, 0.6) is 0 Å². The van der Waals surface area contributed by atoms with E-state index < -0.39 is 0 Å². The van der Waals surface area contributed by atoms with E-state index in [4.69, 9.17) is 4.74 Å². The molecule has 3 heterocycles. The van der Waals surface area contributed by atoms with Crippen LogP contribution in [0.25, 0.3) is 0 Å². The minimum absolute atomic E-state index is 0.0607. The third kappa shape index (κ3) is 4.32. The SMILES string of the molecule is Cc1cc(C(=O)NC2CCCN(CC3CCCCO3)C2)nn1C. The Morgan fingerprint density at radius 1 is 1.39 bits per heavy atom. The number of likely N-dealkylation sites (tertiary alicyclic amines) is 1. The van der Waals surface area contributed by atoms with Gasteiger partial charge in [-0.05, 0) is 51.6 Å². The second-order valence-electron chi connectivity index (χ2n) is 6.86. The summed E-state index contributed by atoms with van der Waals surface area (Å²) < 4.78 is 7.58. The number of aromatic nitrogens is 2. The van der Waals surface area contributed by atoms with E-state index in [1.165, 1.54) is 19.3 Å². The van der Waals surface area contributed by atoms with Crippen LogP contribution in [0, 0.1) is 6.92 Å². The highest BCUT2D eigenvalue weighted by molar-refractivity contribution is 5.92. The average Bonchev–Trinajstić information content (AvgIpc) is 2.88. The van der Waals surface area contributed by atoms with Crippen LogP contribution in [-0.4, -0.2) is 59.0 Å². The first-order valence-corrected chi connectivity index (χ1v) is 8.77. The summed E-state index contributed by atoms with van der Waals surface area (Å²) in [7, 11) is 1.86. The molecule has 23 heavy (non-hydrogen) atoms. The van der Waals surface area contributed by atoms with E-state index in [9.17, 15) is 4.79 Å². The Balaban J connectivity index is 1.50. The summed E-state index contributed by atoms with van der Waals surface area (Å²) in [5.41, 5.74) is 1.51. The molecular weight excluding hydrogens is 292 g/mol. The molecule has 1 N–H and O–H groups in total. The molecule has 0 aromatic carbocycles. The molecule has 2 saturated heterocycles. The Bertz CT molecular complexity index is 517. The normalized spacial score (nSPS) is 26.2. The fraction of sp³-hybridized carbons (Fsp3) is 0.765. The summed E-state index contributed by atoms with van der Waals surface area (Å²) in [6.07, 6.45) is 6.17. The number of piperidine rings is 1. The maximum absolute atomic E-state index is 12.3. The molecule has 1 aromatic heterocycles. The predicted molar refractivity (Wildman–Crippen MR) is 88.5 cm³/mol. The molecule has 6 nitrogen and oxygen atoms in total. The summed E-state index contributed by atoms with van der Waals surface area (Å²) in [6, 6.07) is 2.05. The zero-order chi connectivity index (χ0) is 16.2. The van der Waals surface area contributed by atoms with Gasteiger partial charge in [0.05, 0.1) is 6.10 Å². The summed E-state index contributed by atoms with van der Waals surface area (Å²) in [4.78, 5) is 14.8. The fourth-order valence-electron chi connectivity index (χ4n) is 3.51. The molecule has 2 unspecified atom stereocenters. The zero-order valence-corrected chi connectivity index (χ0v) is 14.3. The minimum Gasteiger partial charge on any atom is -0.377 e. The van der Waals surface area contributed by atoms with Gasteiger partial charge in [-0.2, -0.15) is 5.10 Å². The van der Waals surface area contributed by atoms with E-state index in [1.807, 2.05) is 20.0 Å². The van der Waals surface area contributed by atoms with Crippen LogP contribution >= 0.6 is 0 Å². The quantitative estimate of drug-likeness (QED) is 0.913. The molecule has 0 bridgehead atoms. The lowest BCUT2D eigenvalue weighted by Crippen LogP contribution is -2.50. The molecule has 2 aliphatic rings. The molecule has 128 valence electrons. The van der Waals surface area contributed by atoms with Crippen LogP contribution in [-0.2, 0) is 11.8 Å². The van der Waals surface area contributed by atoms with Crippen LogP contribution < -0.4 is 5.32 Å². The van der Waals surface area contributed by atoms with Crippen molar-refractivity contribution in [2.75, 3.05) is 26.2 Å². The first-order valence-electron chi connectivity index (χ1n) is 8.77. The Kier molecular flexibility index (Phi) is 5.33. The van der Waals surface area contributed by atoms with Crippen molar-refractivity contribution < 1.29 is 9.53 Å². The first kappa shape index (κ1) is 16.5. The highest BCUT2D eigenvalue weighted by Gasteiger charge is 2.25. The monoisotopic (exact) mass is 320 g/mol. The second kappa shape index (κ2) is 7.45. The van der Waals surface area contributed by atoms with E-state index in [-0.39, 0.29) is 11.9 Å². The topological polar surface area (TPSA) is 59.4 Å². The van der Waals surface area contributed by atoms with Gasteiger partial charge in [0, 0.05) is 38.5 Å². The van der Waals surface area contributed by atoms with Crippen molar-refractivity contribution in [1.29, 1.82) is 0 Å². The largest absolute Gasteiger partial charge is 0.377 e. The van der Waals surface area contributed by atoms with Gasteiger partial charge >= 0.3 is 0 Å². The fourth-order valence-corrected chi connectivity index (χ4v) is 3.51. The number of rotatable bonds is 4. The molecule has 0 spiro atoms. The smallest absolute Gasteiger partial charge is 0.272 e. The molecule has 2 aliphatic heterocycles. The van der Waals surface area contributed by atoms with Crippen molar-refractivity contribution in [1.82, 2.24) is 20.0 Å². The lowest BCUT2D eigenvalue weighted by molar-refractivity contribution is -0.0106. The van der Waals surface area contributed by atoms with Crippen molar-refractivity contribution in [2.24, 2.45) is 7.05 Å². The summed E-state index contributed by atoms with van der Waals surface area (Å²) in [5.74, 6) is -0.0607. The average molecular weight is 320 g/mol. The van der Waals surface area contributed by atoms with Gasteiger partial charge < -0.3 is 10.1 Å². The molecule has 0 aliphatic carbocycles. The minimum atomic E-state index is -0.0607. The third-order valence-electron chi connectivity index (χ3n) is 4.92. The number of aryl methyl sites for hydroxylation is 2. The van der Waals surface area contributed by atoms with Crippen molar-refractivity contribution >= 4 is 5.91 Å². The number of nitrogens with one attached hydrogen (secondary N) is 1. The summed E-state index contributed by atoms with van der Waals surface area (Å²) >= 11 is 0. The number of hydrogen-bond acceptors (Lipinski definition) is 4. The predicted octanol–water partition coefficient (Wildman–Crippen LogP) is 1.49. The summed E-state index contributed by atoms with van der Waals surface area (Å²) in [5, 5.41) is 7.40. The molecule has 1 amide bonds. The number of amides is 1. The Hall–Kier alpha value is -1.40. The molecule has 6 heteroatoms. The van der Waals surface area contributed by atoms with Crippen molar-refractivity contribution in [3.8, 4) is 0 Å². The molecular formula is C17H28N4O2. The van der Waals surface area contributed by atoms with Gasteiger partial charge in [-0.3, -0.25) is 14.4 Å².